The Balaban J connectivity index is 1.77. The molecule has 0 saturated heterocycles. The van der Waals surface area contributed by atoms with Crippen molar-refractivity contribution in [2.45, 2.75) is 18.0 Å². The van der Waals surface area contributed by atoms with Crippen LogP contribution in [0.25, 0.3) is 0 Å². The lowest BCUT2D eigenvalue weighted by Gasteiger charge is -2.12. The van der Waals surface area contributed by atoms with E-state index in [2.05, 4.69) is 14.8 Å². The van der Waals surface area contributed by atoms with E-state index in [1.165, 1.54) is 20.5 Å². The van der Waals surface area contributed by atoms with Crippen molar-refractivity contribution in [3.8, 4) is 11.5 Å². The van der Waals surface area contributed by atoms with Gasteiger partial charge in [0.15, 0.2) is 11.5 Å². The molecule has 2 aromatic carbocycles. The molecule has 148 valence electrons. The Hall–Kier alpha value is -2.98. The summed E-state index contributed by atoms with van der Waals surface area (Å²) in [5.74, 6) is -0.691. The third kappa shape index (κ3) is 4.46. The van der Waals surface area contributed by atoms with Crippen molar-refractivity contribution >= 4 is 10.0 Å². The summed E-state index contributed by atoms with van der Waals surface area (Å²) in [6, 6.07) is 9.40. The zero-order valence-corrected chi connectivity index (χ0v) is 16.1. The molecule has 3 rings (SSSR count). The standard InChI is InChI=1S/C18H19FN4O4S/c1-26-16-7-15(19)18(8-17(16)27-2)28(24,25)22-9-13-4-3-5-14(6-13)10-23-12-20-11-21-23/h3-8,11-12,22H,9-10H2,1-2H3. The van der Waals surface area contributed by atoms with Crippen LogP contribution in [0.5, 0.6) is 11.5 Å². The van der Waals surface area contributed by atoms with Gasteiger partial charge in [0.25, 0.3) is 0 Å². The Morgan fingerprint density at radius 1 is 1.11 bits per heavy atom. The molecule has 1 heterocycles. The highest BCUT2D eigenvalue weighted by atomic mass is 32.2. The van der Waals surface area contributed by atoms with E-state index in [-0.39, 0.29) is 18.0 Å². The largest absolute Gasteiger partial charge is 0.493 e. The predicted molar refractivity (Wildman–Crippen MR) is 99.1 cm³/mol. The average molecular weight is 406 g/mol. The van der Waals surface area contributed by atoms with Crippen LogP contribution < -0.4 is 14.2 Å². The second kappa shape index (κ2) is 8.36. The molecule has 0 atom stereocenters. The Bertz CT molecular complexity index is 1060. The van der Waals surface area contributed by atoms with Crippen LogP contribution in [0.2, 0.25) is 0 Å². The van der Waals surface area contributed by atoms with E-state index in [9.17, 15) is 12.8 Å². The Labute approximate surface area is 162 Å². The highest BCUT2D eigenvalue weighted by Gasteiger charge is 2.22. The lowest BCUT2D eigenvalue weighted by molar-refractivity contribution is 0.350. The molecule has 0 unspecified atom stereocenters. The first kappa shape index (κ1) is 19.8. The van der Waals surface area contributed by atoms with Gasteiger partial charge in [0.05, 0.1) is 20.8 Å². The quantitative estimate of drug-likeness (QED) is 0.615. The maximum atomic E-state index is 14.3. The molecule has 0 bridgehead atoms. The van der Waals surface area contributed by atoms with E-state index in [1.807, 2.05) is 18.2 Å². The number of benzene rings is 2. The average Bonchev–Trinajstić information content (AvgIpc) is 3.19. The van der Waals surface area contributed by atoms with E-state index in [0.717, 1.165) is 23.3 Å². The van der Waals surface area contributed by atoms with Crippen molar-refractivity contribution in [2.24, 2.45) is 0 Å². The minimum absolute atomic E-state index is 0.00130. The third-order valence-electron chi connectivity index (χ3n) is 4.00. The van der Waals surface area contributed by atoms with Gasteiger partial charge in [-0.1, -0.05) is 24.3 Å². The molecule has 0 saturated carbocycles. The van der Waals surface area contributed by atoms with Crippen LogP contribution in [0.3, 0.4) is 0 Å². The molecule has 8 nitrogen and oxygen atoms in total. The van der Waals surface area contributed by atoms with Gasteiger partial charge >= 0.3 is 0 Å². The smallest absolute Gasteiger partial charge is 0.243 e. The summed E-state index contributed by atoms with van der Waals surface area (Å²) >= 11 is 0. The number of hydrogen-bond donors (Lipinski definition) is 1. The van der Waals surface area contributed by atoms with Crippen LogP contribution in [0, 0.1) is 5.82 Å². The van der Waals surface area contributed by atoms with E-state index in [4.69, 9.17) is 9.47 Å². The summed E-state index contributed by atoms with van der Waals surface area (Å²) in [6.45, 7) is 0.506. The lowest BCUT2D eigenvalue weighted by Crippen LogP contribution is -2.24. The second-order valence-corrected chi connectivity index (χ2v) is 7.61. The van der Waals surface area contributed by atoms with Gasteiger partial charge in [0, 0.05) is 18.7 Å². The second-order valence-electron chi connectivity index (χ2n) is 5.88. The van der Waals surface area contributed by atoms with Crippen molar-refractivity contribution in [1.29, 1.82) is 0 Å². The van der Waals surface area contributed by atoms with Gasteiger partial charge in [-0.25, -0.2) is 27.2 Å². The number of nitrogens with zero attached hydrogens (tertiary/aromatic N) is 3. The van der Waals surface area contributed by atoms with Crippen LogP contribution >= 0.6 is 0 Å². The first-order chi connectivity index (χ1) is 13.4. The molecule has 0 aliphatic carbocycles. The van der Waals surface area contributed by atoms with Crippen LogP contribution in [-0.4, -0.2) is 37.4 Å². The predicted octanol–water partition coefficient (Wildman–Crippen LogP) is 1.96. The van der Waals surface area contributed by atoms with E-state index < -0.39 is 20.7 Å². The van der Waals surface area contributed by atoms with Crippen molar-refractivity contribution < 1.29 is 22.3 Å². The van der Waals surface area contributed by atoms with E-state index >= 15 is 0 Å². The fourth-order valence-corrected chi connectivity index (χ4v) is 3.73. The number of rotatable bonds is 8. The van der Waals surface area contributed by atoms with Crippen molar-refractivity contribution in [1.82, 2.24) is 19.5 Å². The number of ether oxygens (including phenoxy) is 2. The van der Waals surface area contributed by atoms with Gasteiger partial charge < -0.3 is 9.47 Å². The number of halogens is 1. The van der Waals surface area contributed by atoms with Gasteiger partial charge in [-0.15, -0.1) is 0 Å². The van der Waals surface area contributed by atoms with Crippen molar-refractivity contribution in [3.63, 3.8) is 0 Å². The van der Waals surface area contributed by atoms with Gasteiger partial charge in [-0.05, 0) is 11.1 Å². The fraction of sp³-hybridized carbons (Fsp3) is 0.222. The summed E-state index contributed by atoms with van der Waals surface area (Å²) in [4.78, 5) is 3.37. The molecular formula is C18H19FN4O4S. The van der Waals surface area contributed by atoms with Gasteiger partial charge in [-0.3, -0.25) is 0 Å². The zero-order valence-electron chi connectivity index (χ0n) is 15.3. The highest BCUT2D eigenvalue weighted by molar-refractivity contribution is 7.89. The maximum absolute atomic E-state index is 14.3. The highest BCUT2D eigenvalue weighted by Crippen LogP contribution is 2.31. The maximum Gasteiger partial charge on any atom is 0.243 e. The summed E-state index contributed by atoms with van der Waals surface area (Å²) in [5, 5.41) is 4.04. The summed E-state index contributed by atoms with van der Waals surface area (Å²) in [6.07, 6.45) is 3.03. The molecule has 0 spiro atoms. The molecular weight excluding hydrogens is 387 g/mol. The third-order valence-corrected chi connectivity index (χ3v) is 5.41. The van der Waals surface area contributed by atoms with Crippen molar-refractivity contribution in [2.75, 3.05) is 14.2 Å². The summed E-state index contributed by atoms with van der Waals surface area (Å²) in [7, 11) is -1.41. The van der Waals surface area contributed by atoms with Crippen LogP contribution in [0.15, 0.2) is 53.9 Å². The molecule has 0 radical (unpaired) electrons. The molecule has 1 N–H and O–H groups in total. The van der Waals surface area contributed by atoms with E-state index in [0.29, 0.717) is 6.54 Å². The number of methoxy groups -OCH3 is 2. The number of nitrogens with one attached hydrogen (secondary N) is 1. The molecule has 0 amide bonds. The zero-order chi connectivity index (χ0) is 20.1. The Morgan fingerprint density at radius 3 is 2.50 bits per heavy atom. The minimum Gasteiger partial charge on any atom is -0.493 e. The topological polar surface area (TPSA) is 95.3 Å². The molecule has 0 aliphatic heterocycles. The fourth-order valence-electron chi connectivity index (χ4n) is 2.64. The lowest BCUT2D eigenvalue weighted by atomic mass is 10.1. The molecule has 10 heteroatoms. The number of aromatic nitrogens is 3. The van der Waals surface area contributed by atoms with Gasteiger partial charge in [0.2, 0.25) is 10.0 Å². The summed E-state index contributed by atoms with van der Waals surface area (Å²) in [5.41, 5.74) is 1.65. The van der Waals surface area contributed by atoms with Crippen LogP contribution in [0.4, 0.5) is 4.39 Å². The minimum atomic E-state index is -4.10. The first-order valence-electron chi connectivity index (χ1n) is 8.24. The van der Waals surface area contributed by atoms with Crippen molar-refractivity contribution in [3.05, 3.63) is 66.0 Å². The summed E-state index contributed by atoms with van der Waals surface area (Å²) < 4.78 is 53.5. The van der Waals surface area contributed by atoms with Crippen LogP contribution in [-0.2, 0) is 23.1 Å². The normalized spacial score (nSPS) is 11.4. The molecule has 0 aliphatic rings. The van der Waals surface area contributed by atoms with Gasteiger partial charge in [-0.2, -0.15) is 5.10 Å². The number of sulfonamides is 1. The first-order valence-corrected chi connectivity index (χ1v) is 9.72. The molecule has 0 fully saturated rings. The number of hydrogen-bond acceptors (Lipinski definition) is 6. The monoisotopic (exact) mass is 406 g/mol. The molecule has 3 aromatic rings. The van der Waals surface area contributed by atoms with Crippen LogP contribution in [0.1, 0.15) is 11.1 Å². The van der Waals surface area contributed by atoms with Gasteiger partial charge in [0.1, 0.15) is 23.4 Å². The Morgan fingerprint density at radius 2 is 1.82 bits per heavy atom. The van der Waals surface area contributed by atoms with E-state index in [1.54, 1.807) is 17.1 Å². The molecule has 1 aromatic heterocycles. The Kier molecular flexibility index (Phi) is 5.90. The SMILES string of the molecule is COc1cc(F)c(S(=O)(=O)NCc2cccc(Cn3cncn3)c2)cc1OC. The molecule has 28 heavy (non-hydrogen) atoms.